The molecule has 4 rings (SSSR count). The van der Waals surface area contributed by atoms with Crippen molar-refractivity contribution >= 4 is 17.2 Å². The smallest absolute Gasteiger partial charge is 0.251 e. The first kappa shape index (κ1) is 14.8. The molecule has 1 N–H and O–H groups in total. The van der Waals surface area contributed by atoms with Gasteiger partial charge in [-0.05, 0) is 43.4 Å². The molecule has 2 fully saturated rings. The molecule has 120 valence electrons. The summed E-state index contributed by atoms with van der Waals surface area (Å²) in [5.74, 6) is 0.0581. The lowest BCUT2D eigenvalue weighted by molar-refractivity contribution is 0.0951. The van der Waals surface area contributed by atoms with Crippen molar-refractivity contribution < 1.29 is 4.79 Å². The van der Waals surface area contributed by atoms with E-state index in [0.29, 0.717) is 12.1 Å². The maximum absolute atomic E-state index is 12.0. The van der Waals surface area contributed by atoms with Gasteiger partial charge in [0.05, 0.1) is 5.51 Å². The fourth-order valence-corrected chi connectivity index (χ4v) is 3.39. The Hall–Kier alpha value is -1.72. The predicted octanol–water partition coefficient (Wildman–Crippen LogP) is 3.20. The molecule has 0 bridgehead atoms. The second-order valence-corrected chi connectivity index (χ2v) is 7.52. The molecule has 1 aromatic carbocycles. The molecule has 2 aromatic rings. The predicted molar refractivity (Wildman–Crippen MR) is 91.3 cm³/mol. The third kappa shape index (κ3) is 3.98. The number of carbonyl (C=O) groups excluding carboxylic acids is 1. The van der Waals surface area contributed by atoms with Crippen molar-refractivity contribution in [3.05, 3.63) is 52.0 Å². The number of hydrogen-bond acceptors (Lipinski definition) is 4. The largest absolute Gasteiger partial charge is 0.349 e. The fourth-order valence-electron chi connectivity index (χ4n) is 2.77. The summed E-state index contributed by atoms with van der Waals surface area (Å²) in [5, 5.41) is 3.03. The van der Waals surface area contributed by atoms with Gasteiger partial charge in [-0.25, -0.2) is 0 Å². The summed E-state index contributed by atoms with van der Waals surface area (Å²) in [7, 11) is 0. The summed E-state index contributed by atoms with van der Waals surface area (Å²) in [6.45, 7) is 1.91. The highest BCUT2D eigenvalue weighted by atomic mass is 32.1. The van der Waals surface area contributed by atoms with Crippen LogP contribution < -0.4 is 5.32 Å². The van der Waals surface area contributed by atoms with Crippen LogP contribution in [0.25, 0.3) is 0 Å². The monoisotopic (exact) mass is 327 g/mol. The van der Waals surface area contributed by atoms with Gasteiger partial charge in [0, 0.05) is 41.8 Å². The van der Waals surface area contributed by atoms with Gasteiger partial charge in [-0.3, -0.25) is 14.7 Å². The first-order valence-corrected chi connectivity index (χ1v) is 9.17. The van der Waals surface area contributed by atoms with Crippen LogP contribution in [0.5, 0.6) is 0 Å². The van der Waals surface area contributed by atoms with Crippen LogP contribution >= 0.6 is 11.3 Å². The normalized spacial score (nSPS) is 17.4. The molecule has 1 heterocycles. The Kier molecular flexibility index (Phi) is 4.14. The Balaban J connectivity index is 1.39. The van der Waals surface area contributed by atoms with E-state index in [0.717, 1.165) is 31.5 Å². The summed E-state index contributed by atoms with van der Waals surface area (Å²) in [6, 6.07) is 9.19. The van der Waals surface area contributed by atoms with E-state index in [1.165, 1.54) is 23.3 Å². The number of hydrogen-bond donors (Lipinski definition) is 1. The van der Waals surface area contributed by atoms with E-state index in [4.69, 9.17) is 0 Å². The second kappa shape index (κ2) is 6.42. The molecule has 0 atom stereocenters. The van der Waals surface area contributed by atoms with Crippen molar-refractivity contribution in [2.45, 2.75) is 50.9 Å². The van der Waals surface area contributed by atoms with Gasteiger partial charge >= 0.3 is 0 Å². The van der Waals surface area contributed by atoms with Gasteiger partial charge in [0.15, 0.2) is 0 Å². The van der Waals surface area contributed by atoms with Crippen LogP contribution in [0.3, 0.4) is 0 Å². The molecule has 0 radical (unpaired) electrons. The minimum absolute atomic E-state index is 0.0581. The van der Waals surface area contributed by atoms with Crippen molar-refractivity contribution in [2.24, 2.45) is 0 Å². The summed E-state index contributed by atoms with van der Waals surface area (Å²) in [4.78, 5) is 20.0. The molecule has 0 aliphatic heterocycles. The maximum Gasteiger partial charge on any atom is 0.251 e. The number of nitrogens with one attached hydrogen (secondary N) is 1. The Morgan fingerprint density at radius 3 is 2.57 bits per heavy atom. The second-order valence-electron chi connectivity index (χ2n) is 6.55. The lowest BCUT2D eigenvalue weighted by Crippen LogP contribution is -2.26. The van der Waals surface area contributed by atoms with Gasteiger partial charge in [-0.15, -0.1) is 11.3 Å². The van der Waals surface area contributed by atoms with E-state index in [1.807, 2.05) is 23.8 Å². The third-order valence-electron chi connectivity index (χ3n) is 4.42. The van der Waals surface area contributed by atoms with Crippen LogP contribution in [-0.4, -0.2) is 27.9 Å². The minimum atomic E-state index is 0.0581. The standard InChI is InChI=1S/C18H21N3OS/c22-18(20-15-5-6-15)14-3-1-13(2-4-14)10-21(16-7-8-16)11-17-9-19-12-23-17/h1-4,9,12,15-16H,5-8,10-11H2,(H,20,22). The van der Waals surface area contributed by atoms with Crippen LogP contribution in [0.4, 0.5) is 0 Å². The highest BCUT2D eigenvalue weighted by Crippen LogP contribution is 2.30. The molecule has 0 spiro atoms. The Morgan fingerprint density at radius 1 is 1.17 bits per heavy atom. The summed E-state index contributed by atoms with van der Waals surface area (Å²) >= 11 is 1.72. The van der Waals surface area contributed by atoms with E-state index in [2.05, 4.69) is 27.3 Å². The van der Waals surface area contributed by atoms with Gasteiger partial charge in [0.1, 0.15) is 0 Å². The third-order valence-corrected chi connectivity index (χ3v) is 5.18. The van der Waals surface area contributed by atoms with Gasteiger partial charge < -0.3 is 5.32 Å². The summed E-state index contributed by atoms with van der Waals surface area (Å²) in [5.41, 5.74) is 3.93. The van der Waals surface area contributed by atoms with Gasteiger partial charge in [-0.2, -0.15) is 0 Å². The molecule has 0 saturated heterocycles. The average molecular weight is 327 g/mol. The molecule has 2 aliphatic carbocycles. The number of aromatic nitrogens is 1. The van der Waals surface area contributed by atoms with Crippen molar-refractivity contribution in [1.82, 2.24) is 15.2 Å². The van der Waals surface area contributed by atoms with Gasteiger partial charge in [0.25, 0.3) is 5.91 Å². The molecule has 2 aliphatic rings. The van der Waals surface area contributed by atoms with E-state index in [1.54, 1.807) is 11.3 Å². The maximum atomic E-state index is 12.0. The van der Waals surface area contributed by atoms with Crippen LogP contribution in [0.15, 0.2) is 36.0 Å². The molecular weight excluding hydrogens is 306 g/mol. The first-order valence-electron chi connectivity index (χ1n) is 8.29. The molecule has 2 saturated carbocycles. The number of benzene rings is 1. The van der Waals surface area contributed by atoms with Crippen LogP contribution in [-0.2, 0) is 13.1 Å². The molecule has 5 heteroatoms. The van der Waals surface area contributed by atoms with Crippen molar-refractivity contribution in [3.63, 3.8) is 0 Å². The highest BCUT2D eigenvalue weighted by molar-refractivity contribution is 7.09. The SMILES string of the molecule is O=C(NC1CC1)c1ccc(CN(Cc2cncs2)C2CC2)cc1. The lowest BCUT2D eigenvalue weighted by Gasteiger charge is -2.21. The van der Waals surface area contributed by atoms with E-state index >= 15 is 0 Å². The molecule has 0 unspecified atom stereocenters. The molecule has 4 nitrogen and oxygen atoms in total. The van der Waals surface area contributed by atoms with Crippen molar-refractivity contribution in [3.8, 4) is 0 Å². The fraction of sp³-hybridized carbons (Fsp3) is 0.444. The average Bonchev–Trinajstić information content (AvgIpc) is 3.49. The molecule has 1 amide bonds. The molecular formula is C18H21N3OS. The molecule has 1 aromatic heterocycles. The number of amides is 1. The summed E-state index contributed by atoms with van der Waals surface area (Å²) in [6.07, 6.45) is 6.79. The Morgan fingerprint density at radius 2 is 1.96 bits per heavy atom. The number of nitrogens with zero attached hydrogens (tertiary/aromatic N) is 2. The quantitative estimate of drug-likeness (QED) is 0.849. The number of carbonyl (C=O) groups is 1. The first-order chi connectivity index (χ1) is 11.3. The Labute approximate surface area is 140 Å². The van der Waals surface area contributed by atoms with E-state index in [-0.39, 0.29) is 5.91 Å². The number of thiazole rings is 1. The van der Waals surface area contributed by atoms with E-state index < -0.39 is 0 Å². The zero-order chi connectivity index (χ0) is 15.6. The van der Waals surface area contributed by atoms with Crippen molar-refractivity contribution in [2.75, 3.05) is 0 Å². The van der Waals surface area contributed by atoms with Crippen LogP contribution in [0.2, 0.25) is 0 Å². The highest BCUT2D eigenvalue weighted by Gasteiger charge is 2.29. The van der Waals surface area contributed by atoms with E-state index in [9.17, 15) is 4.79 Å². The van der Waals surface area contributed by atoms with Crippen LogP contribution in [0, 0.1) is 0 Å². The topological polar surface area (TPSA) is 45.2 Å². The molecule has 23 heavy (non-hydrogen) atoms. The van der Waals surface area contributed by atoms with Gasteiger partial charge in [-0.1, -0.05) is 12.1 Å². The Bertz CT molecular complexity index is 660. The van der Waals surface area contributed by atoms with Gasteiger partial charge in [0.2, 0.25) is 0 Å². The zero-order valence-corrected chi connectivity index (χ0v) is 13.9. The zero-order valence-electron chi connectivity index (χ0n) is 13.1. The number of rotatable bonds is 7. The van der Waals surface area contributed by atoms with Crippen LogP contribution in [0.1, 0.15) is 46.5 Å². The minimum Gasteiger partial charge on any atom is -0.349 e. The lowest BCUT2D eigenvalue weighted by atomic mass is 10.1. The summed E-state index contributed by atoms with van der Waals surface area (Å²) < 4.78 is 0. The van der Waals surface area contributed by atoms with Crippen molar-refractivity contribution in [1.29, 1.82) is 0 Å².